The van der Waals surface area contributed by atoms with E-state index in [1.54, 1.807) is 23.0 Å². The van der Waals surface area contributed by atoms with Crippen LogP contribution in [0.2, 0.25) is 0 Å². The van der Waals surface area contributed by atoms with Crippen LogP contribution in [0.4, 0.5) is 27.6 Å². The number of hydrogen-bond acceptors (Lipinski definition) is 7. The van der Waals surface area contributed by atoms with Crippen LogP contribution in [0.3, 0.4) is 0 Å². The standard InChI is InChI=1S/C27H23F5N8O2/c28-26(29)8-18(9-26)38-12-20(34-14-38)15-1-5-23(42-27(30,31)32)19(7-15)35-25(41)22-10-33-24-6-2-16(11-39(22)24)21-13-40(37-36-21)17-3-4-17/h1-2,5-7,10-14,17-18,36-37H,3-4,8-9H2,(H,35,41). The van der Waals surface area contributed by atoms with E-state index in [1.165, 1.54) is 29.1 Å². The molecule has 1 amide bonds. The van der Waals surface area contributed by atoms with Crippen molar-refractivity contribution in [2.75, 3.05) is 5.32 Å². The molecular weight excluding hydrogens is 563 g/mol. The van der Waals surface area contributed by atoms with E-state index in [1.807, 2.05) is 17.3 Å². The number of aromatic nitrogens is 4. The zero-order valence-corrected chi connectivity index (χ0v) is 21.7. The Hall–Kier alpha value is -4.66. The average Bonchev–Trinajstić information content (AvgIpc) is 3.30. The highest BCUT2D eigenvalue weighted by Gasteiger charge is 2.46. The minimum absolute atomic E-state index is 0.0796. The lowest BCUT2D eigenvalue weighted by atomic mass is 9.88. The van der Waals surface area contributed by atoms with E-state index in [2.05, 4.69) is 31.0 Å². The van der Waals surface area contributed by atoms with Crippen molar-refractivity contribution < 1.29 is 31.5 Å². The van der Waals surface area contributed by atoms with Gasteiger partial charge in [0.05, 0.1) is 29.6 Å². The van der Waals surface area contributed by atoms with Crippen LogP contribution in [-0.2, 0) is 0 Å². The Balaban J connectivity index is 1.17. The van der Waals surface area contributed by atoms with Gasteiger partial charge in [0.25, 0.3) is 11.8 Å². The number of pyridine rings is 1. The van der Waals surface area contributed by atoms with Crippen LogP contribution in [-0.4, -0.2) is 48.2 Å². The Bertz CT molecular complexity index is 1720. The van der Waals surface area contributed by atoms with Crippen molar-refractivity contribution in [1.29, 1.82) is 0 Å². The van der Waals surface area contributed by atoms with Gasteiger partial charge in [0, 0.05) is 54.6 Å². The summed E-state index contributed by atoms with van der Waals surface area (Å²) in [4.78, 5) is 21.9. The Morgan fingerprint density at radius 2 is 1.83 bits per heavy atom. The molecule has 0 spiro atoms. The summed E-state index contributed by atoms with van der Waals surface area (Å²) in [6.07, 6.45) is 4.44. The third-order valence-corrected chi connectivity index (χ3v) is 7.42. The van der Waals surface area contributed by atoms with Crippen LogP contribution in [0.1, 0.15) is 47.8 Å². The lowest BCUT2D eigenvalue weighted by molar-refractivity contribution is -0.274. The van der Waals surface area contributed by atoms with Crippen LogP contribution in [0.15, 0.2) is 61.4 Å². The van der Waals surface area contributed by atoms with Gasteiger partial charge in [0.15, 0.2) is 5.75 Å². The molecule has 1 aromatic carbocycles. The van der Waals surface area contributed by atoms with Crippen molar-refractivity contribution in [1.82, 2.24) is 34.9 Å². The summed E-state index contributed by atoms with van der Waals surface area (Å²) in [5, 5.41) is 4.48. The normalized spacial score (nSPS) is 18.5. The van der Waals surface area contributed by atoms with E-state index in [-0.39, 0.29) is 24.2 Å². The van der Waals surface area contributed by atoms with Crippen molar-refractivity contribution in [3.05, 3.63) is 72.7 Å². The van der Waals surface area contributed by atoms with Gasteiger partial charge in [-0.25, -0.2) is 18.7 Å². The van der Waals surface area contributed by atoms with E-state index in [4.69, 9.17) is 0 Å². The summed E-state index contributed by atoms with van der Waals surface area (Å²) in [6.45, 7) is 0. The van der Waals surface area contributed by atoms with Crippen molar-refractivity contribution in [2.24, 2.45) is 0 Å². The SMILES string of the molecule is O=C(Nc1cc(-c2cn(C3CC(F)(F)C3)cn2)ccc1OC(F)(F)F)c1cnc2ccc(C3=CN(C4CC4)NN3)cn12. The Kier molecular flexibility index (Phi) is 5.90. The van der Waals surface area contributed by atoms with Crippen molar-refractivity contribution in [3.8, 4) is 17.0 Å². The first kappa shape index (κ1) is 26.3. The maximum atomic E-state index is 13.4. The first-order chi connectivity index (χ1) is 20.0. The Labute approximate surface area is 234 Å². The largest absolute Gasteiger partial charge is 0.573 e. The fourth-order valence-corrected chi connectivity index (χ4v) is 5.05. The van der Waals surface area contributed by atoms with Crippen molar-refractivity contribution in [3.63, 3.8) is 0 Å². The van der Waals surface area contributed by atoms with Gasteiger partial charge in [-0.15, -0.1) is 18.7 Å². The van der Waals surface area contributed by atoms with Crippen molar-refractivity contribution in [2.45, 2.75) is 50.1 Å². The topological polar surface area (TPSA) is 101 Å². The molecule has 4 aromatic rings. The summed E-state index contributed by atoms with van der Waals surface area (Å²) in [7, 11) is 0. The van der Waals surface area contributed by atoms with Gasteiger partial charge < -0.3 is 20.0 Å². The zero-order chi connectivity index (χ0) is 29.2. The van der Waals surface area contributed by atoms with E-state index in [0.717, 1.165) is 30.2 Å². The van der Waals surface area contributed by atoms with E-state index in [9.17, 15) is 26.7 Å². The summed E-state index contributed by atoms with van der Waals surface area (Å²) < 4.78 is 73.5. The van der Waals surface area contributed by atoms with Crippen LogP contribution < -0.4 is 21.0 Å². The van der Waals surface area contributed by atoms with Gasteiger partial charge in [0.1, 0.15) is 11.3 Å². The third-order valence-electron chi connectivity index (χ3n) is 7.42. The smallest absolute Gasteiger partial charge is 0.404 e. The molecule has 218 valence electrons. The third kappa shape index (κ3) is 5.11. The summed E-state index contributed by atoms with van der Waals surface area (Å²) in [6, 6.07) is 7.27. The number of rotatable bonds is 7. The van der Waals surface area contributed by atoms with Crippen LogP contribution >= 0.6 is 0 Å². The van der Waals surface area contributed by atoms with E-state index < -0.39 is 30.0 Å². The number of carbonyl (C=O) groups is 1. The highest BCUT2D eigenvalue weighted by molar-refractivity contribution is 6.04. The zero-order valence-electron chi connectivity index (χ0n) is 21.7. The summed E-state index contributed by atoms with van der Waals surface area (Å²) in [5.74, 6) is -4.07. The number of anilines is 1. The molecule has 15 heteroatoms. The number of nitrogens with zero attached hydrogens (tertiary/aromatic N) is 5. The maximum absolute atomic E-state index is 13.4. The van der Waals surface area contributed by atoms with Gasteiger partial charge >= 0.3 is 6.36 Å². The molecule has 4 heterocycles. The Morgan fingerprint density at radius 3 is 2.57 bits per heavy atom. The van der Waals surface area contributed by atoms with Crippen LogP contribution in [0.5, 0.6) is 5.75 Å². The molecule has 2 saturated carbocycles. The number of benzene rings is 1. The van der Waals surface area contributed by atoms with Crippen LogP contribution in [0.25, 0.3) is 22.6 Å². The monoisotopic (exact) mass is 586 g/mol. The molecule has 42 heavy (non-hydrogen) atoms. The molecule has 0 bridgehead atoms. The average molecular weight is 587 g/mol. The maximum Gasteiger partial charge on any atom is 0.573 e. The molecule has 3 aliphatic rings. The number of alkyl halides is 5. The van der Waals surface area contributed by atoms with Gasteiger partial charge in [0.2, 0.25) is 0 Å². The molecule has 1 aliphatic heterocycles. The van der Waals surface area contributed by atoms with Gasteiger partial charge in [-0.1, -0.05) is 0 Å². The van der Waals surface area contributed by atoms with Crippen molar-refractivity contribution >= 4 is 22.9 Å². The number of carbonyl (C=O) groups excluding carboxylic acids is 1. The second-order valence-corrected chi connectivity index (χ2v) is 10.5. The second-order valence-electron chi connectivity index (χ2n) is 10.5. The van der Waals surface area contributed by atoms with E-state index in [0.29, 0.717) is 22.9 Å². The lowest BCUT2D eigenvalue weighted by Crippen LogP contribution is -2.37. The minimum atomic E-state index is -5.01. The number of nitrogens with one attached hydrogen (secondary N) is 3. The molecule has 2 fully saturated rings. The first-order valence-electron chi connectivity index (χ1n) is 13.1. The van der Waals surface area contributed by atoms with E-state index >= 15 is 0 Å². The van der Waals surface area contributed by atoms with Gasteiger partial charge in [-0.3, -0.25) is 14.2 Å². The molecule has 0 unspecified atom stereocenters. The number of imidazole rings is 2. The first-order valence-corrected chi connectivity index (χ1v) is 13.1. The summed E-state index contributed by atoms with van der Waals surface area (Å²) in [5.41, 5.74) is 8.70. The lowest BCUT2D eigenvalue weighted by Gasteiger charge is -2.35. The highest BCUT2D eigenvalue weighted by atomic mass is 19.4. The Morgan fingerprint density at radius 1 is 1.05 bits per heavy atom. The quantitative estimate of drug-likeness (QED) is 0.259. The molecule has 0 saturated heterocycles. The number of hydrogen-bond donors (Lipinski definition) is 3. The second kappa shape index (κ2) is 9.44. The van der Waals surface area contributed by atoms with Gasteiger partial charge in [-0.2, -0.15) is 0 Å². The number of amides is 1. The molecular formula is C27H23F5N8O2. The molecule has 0 atom stereocenters. The minimum Gasteiger partial charge on any atom is -0.404 e. The summed E-state index contributed by atoms with van der Waals surface area (Å²) >= 11 is 0. The fourth-order valence-electron chi connectivity index (χ4n) is 5.05. The number of halogens is 5. The molecule has 3 N–H and O–H groups in total. The number of ether oxygens (including phenoxy) is 1. The molecule has 0 radical (unpaired) electrons. The van der Waals surface area contributed by atoms with Crippen LogP contribution in [0, 0.1) is 0 Å². The number of fused-ring (bicyclic) bond motifs is 1. The predicted octanol–water partition coefficient (Wildman–Crippen LogP) is 5.10. The molecule has 7 rings (SSSR count). The number of hydrazine groups is 2. The molecule has 3 aromatic heterocycles. The molecule has 10 nitrogen and oxygen atoms in total. The molecule has 2 aliphatic carbocycles. The highest BCUT2D eigenvalue weighted by Crippen LogP contribution is 2.45. The van der Waals surface area contributed by atoms with Gasteiger partial charge in [-0.05, 0) is 43.2 Å². The fraction of sp³-hybridized carbons (Fsp3) is 0.296. The predicted molar refractivity (Wildman–Crippen MR) is 140 cm³/mol.